The zero-order valence-electron chi connectivity index (χ0n) is 15.2. The minimum absolute atomic E-state index is 0.140. The summed E-state index contributed by atoms with van der Waals surface area (Å²) in [5, 5.41) is 9.25. The van der Waals surface area contributed by atoms with Gasteiger partial charge in [-0.3, -0.25) is 14.8 Å². The molecule has 1 aromatic carbocycles. The lowest BCUT2D eigenvalue weighted by Crippen LogP contribution is -2.42. The summed E-state index contributed by atoms with van der Waals surface area (Å²) in [5.41, 5.74) is 1.69. The number of carbonyl (C=O) groups excluding carboxylic acids is 1. The number of methoxy groups -OCH3 is 1. The van der Waals surface area contributed by atoms with E-state index in [2.05, 4.69) is 25.9 Å². The Morgan fingerprint density at radius 1 is 1.08 bits per heavy atom. The molecule has 2 rings (SSSR count). The number of aromatic nitrogens is 1. The van der Waals surface area contributed by atoms with E-state index in [1.165, 1.54) is 0 Å². The van der Waals surface area contributed by atoms with Crippen LogP contribution in [0.2, 0.25) is 0 Å². The number of rotatable bonds is 8. The van der Waals surface area contributed by atoms with Crippen molar-refractivity contribution >= 4 is 11.9 Å². The molecule has 0 aliphatic rings. The van der Waals surface area contributed by atoms with Gasteiger partial charge in [0.1, 0.15) is 5.75 Å². The Morgan fingerprint density at radius 2 is 1.85 bits per heavy atom. The molecular weight excluding hydrogens is 330 g/mol. The predicted molar refractivity (Wildman–Crippen MR) is 103 cm³/mol. The monoisotopic (exact) mass is 355 g/mol. The number of ether oxygens (including phenoxy) is 1. The number of pyridine rings is 1. The van der Waals surface area contributed by atoms with Gasteiger partial charge in [0.25, 0.3) is 5.91 Å². The van der Waals surface area contributed by atoms with E-state index in [1.54, 1.807) is 38.7 Å². The van der Waals surface area contributed by atoms with Crippen LogP contribution < -0.4 is 20.7 Å². The van der Waals surface area contributed by atoms with Gasteiger partial charge in [0.05, 0.1) is 12.7 Å². The van der Waals surface area contributed by atoms with Crippen LogP contribution in [0.3, 0.4) is 0 Å². The second-order valence-corrected chi connectivity index (χ2v) is 5.49. The summed E-state index contributed by atoms with van der Waals surface area (Å²) in [6.45, 7) is 1.78. The molecule has 0 spiro atoms. The van der Waals surface area contributed by atoms with Crippen molar-refractivity contribution in [1.82, 2.24) is 20.9 Å². The number of para-hydroxylation sites is 1. The number of guanidine groups is 1. The molecule has 0 saturated heterocycles. The fourth-order valence-corrected chi connectivity index (χ4v) is 2.40. The Kier molecular flexibility index (Phi) is 7.92. The molecule has 2 aromatic rings. The summed E-state index contributed by atoms with van der Waals surface area (Å²) in [5.74, 6) is 1.44. The van der Waals surface area contributed by atoms with Crippen LogP contribution in [0.5, 0.6) is 5.75 Å². The lowest BCUT2D eigenvalue weighted by Gasteiger charge is -2.13. The van der Waals surface area contributed by atoms with E-state index in [0.29, 0.717) is 24.6 Å². The fraction of sp³-hybridized carbons (Fsp3) is 0.316. The second-order valence-electron chi connectivity index (χ2n) is 5.49. The molecule has 0 aliphatic heterocycles. The molecule has 7 nitrogen and oxygen atoms in total. The minimum Gasteiger partial charge on any atom is -0.496 e. The van der Waals surface area contributed by atoms with Crippen LogP contribution in [-0.4, -0.2) is 50.6 Å². The molecule has 138 valence electrons. The SMILES string of the molecule is CN=C(NCCNC(=O)c1cccnc1)NCCc1ccccc1OC. The standard InChI is InChI=1S/C19H25N5O2/c1-20-19(23-11-9-15-6-3-4-8-17(15)26-2)24-13-12-22-18(25)16-7-5-10-21-14-16/h3-8,10,14H,9,11-13H2,1-2H3,(H,22,25)(H2,20,23,24). The summed E-state index contributed by atoms with van der Waals surface area (Å²) < 4.78 is 5.35. The van der Waals surface area contributed by atoms with Gasteiger partial charge in [0, 0.05) is 39.1 Å². The topological polar surface area (TPSA) is 87.6 Å². The zero-order valence-corrected chi connectivity index (χ0v) is 15.2. The summed E-state index contributed by atoms with van der Waals surface area (Å²) in [6, 6.07) is 11.4. The van der Waals surface area contributed by atoms with Crippen molar-refractivity contribution in [3.8, 4) is 5.75 Å². The van der Waals surface area contributed by atoms with E-state index < -0.39 is 0 Å². The summed E-state index contributed by atoms with van der Waals surface area (Å²) in [7, 11) is 3.39. The van der Waals surface area contributed by atoms with Gasteiger partial charge >= 0.3 is 0 Å². The highest BCUT2D eigenvalue weighted by Gasteiger charge is 2.05. The number of amides is 1. The first-order valence-electron chi connectivity index (χ1n) is 8.49. The van der Waals surface area contributed by atoms with E-state index in [-0.39, 0.29) is 5.91 Å². The first-order chi connectivity index (χ1) is 12.7. The molecule has 7 heteroatoms. The van der Waals surface area contributed by atoms with Gasteiger partial charge in [-0.05, 0) is 30.2 Å². The van der Waals surface area contributed by atoms with E-state index in [9.17, 15) is 4.79 Å². The lowest BCUT2D eigenvalue weighted by molar-refractivity contribution is 0.0954. The maximum atomic E-state index is 11.9. The molecule has 1 aromatic heterocycles. The predicted octanol–water partition coefficient (Wildman–Crippen LogP) is 1.23. The van der Waals surface area contributed by atoms with Gasteiger partial charge in [-0.2, -0.15) is 0 Å². The molecule has 3 N–H and O–H groups in total. The number of hydrogen-bond donors (Lipinski definition) is 3. The number of aliphatic imine (C=N–C) groups is 1. The van der Waals surface area contributed by atoms with Gasteiger partial charge in [0.15, 0.2) is 5.96 Å². The Balaban J connectivity index is 1.67. The van der Waals surface area contributed by atoms with Gasteiger partial charge < -0.3 is 20.7 Å². The Labute approximate surface area is 153 Å². The lowest BCUT2D eigenvalue weighted by atomic mass is 10.1. The third-order valence-corrected chi connectivity index (χ3v) is 3.73. The number of nitrogens with zero attached hydrogens (tertiary/aromatic N) is 2. The molecule has 0 fully saturated rings. The third-order valence-electron chi connectivity index (χ3n) is 3.73. The minimum atomic E-state index is -0.140. The molecule has 1 amide bonds. The van der Waals surface area contributed by atoms with E-state index in [0.717, 1.165) is 24.3 Å². The largest absolute Gasteiger partial charge is 0.496 e. The molecule has 0 atom stereocenters. The molecule has 0 bridgehead atoms. The normalized spacial score (nSPS) is 10.9. The molecule has 26 heavy (non-hydrogen) atoms. The fourth-order valence-electron chi connectivity index (χ4n) is 2.40. The van der Waals surface area contributed by atoms with Gasteiger partial charge in [0.2, 0.25) is 0 Å². The number of hydrogen-bond acceptors (Lipinski definition) is 4. The van der Waals surface area contributed by atoms with Crippen LogP contribution in [0.15, 0.2) is 53.8 Å². The summed E-state index contributed by atoms with van der Waals surface area (Å²) in [4.78, 5) is 20.0. The van der Waals surface area contributed by atoms with Crippen molar-refractivity contribution in [1.29, 1.82) is 0 Å². The number of nitrogens with one attached hydrogen (secondary N) is 3. The summed E-state index contributed by atoms with van der Waals surface area (Å²) >= 11 is 0. The third kappa shape index (κ3) is 6.08. The molecule has 0 aliphatic carbocycles. The van der Waals surface area contributed by atoms with Crippen LogP contribution in [-0.2, 0) is 6.42 Å². The molecule has 0 saturated carbocycles. The quantitative estimate of drug-likeness (QED) is 0.377. The van der Waals surface area contributed by atoms with E-state index in [1.807, 2.05) is 24.3 Å². The summed E-state index contributed by atoms with van der Waals surface area (Å²) in [6.07, 6.45) is 4.00. The van der Waals surface area contributed by atoms with Gasteiger partial charge in [-0.25, -0.2) is 0 Å². The number of carbonyl (C=O) groups is 1. The first kappa shape index (κ1) is 19.2. The maximum Gasteiger partial charge on any atom is 0.252 e. The van der Waals surface area contributed by atoms with Crippen LogP contribution in [0, 0.1) is 0 Å². The van der Waals surface area contributed by atoms with Crippen LogP contribution >= 0.6 is 0 Å². The molecule has 1 heterocycles. The Bertz CT molecular complexity index is 719. The highest BCUT2D eigenvalue weighted by atomic mass is 16.5. The molecule has 0 radical (unpaired) electrons. The highest BCUT2D eigenvalue weighted by molar-refractivity contribution is 5.93. The Morgan fingerprint density at radius 3 is 2.58 bits per heavy atom. The van der Waals surface area contributed by atoms with Crippen molar-refractivity contribution in [2.24, 2.45) is 4.99 Å². The Hall–Kier alpha value is -3.09. The zero-order chi connectivity index (χ0) is 18.6. The van der Waals surface area contributed by atoms with E-state index in [4.69, 9.17) is 4.74 Å². The van der Waals surface area contributed by atoms with Crippen molar-refractivity contribution in [2.45, 2.75) is 6.42 Å². The first-order valence-corrected chi connectivity index (χ1v) is 8.49. The van der Waals surface area contributed by atoms with Gasteiger partial charge in [-0.1, -0.05) is 18.2 Å². The highest BCUT2D eigenvalue weighted by Crippen LogP contribution is 2.17. The van der Waals surface area contributed by atoms with Crippen LogP contribution in [0.4, 0.5) is 0 Å². The van der Waals surface area contributed by atoms with Crippen molar-refractivity contribution in [3.63, 3.8) is 0 Å². The maximum absolute atomic E-state index is 11.9. The van der Waals surface area contributed by atoms with Crippen molar-refractivity contribution < 1.29 is 9.53 Å². The molecule has 0 unspecified atom stereocenters. The second kappa shape index (κ2) is 10.7. The number of benzene rings is 1. The van der Waals surface area contributed by atoms with Crippen molar-refractivity contribution in [2.75, 3.05) is 33.8 Å². The smallest absolute Gasteiger partial charge is 0.252 e. The van der Waals surface area contributed by atoms with Crippen molar-refractivity contribution in [3.05, 3.63) is 59.9 Å². The van der Waals surface area contributed by atoms with Gasteiger partial charge in [-0.15, -0.1) is 0 Å². The average molecular weight is 355 g/mol. The van der Waals surface area contributed by atoms with Crippen LogP contribution in [0.25, 0.3) is 0 Å². The average Bonchev–Trinajstić information content (AvgIpc) is 2.70. The molecular formula is C19H25N5O2. The van der Waals surface area contributed by atoms with Crippen LogP contribution in [0.1, 0.15) is 15.9 Å². The van der Waals surface area contributed by atoms with E-state index >= 15 is 0 Å².